The first-order chi connectivity index (χ1) is 12.9. The van der Waals surface area contributed by atoms with Crippen LogP contribution in [0.15, 0.2) is 24.3 Å². The molecule has 0 saturated carbocycles. The van der Waals surface area contributed by atoms with E-state index < -0.39 is 0 Å². The number of hydrogen-bond acceptors (Lipinski definition) is 4. The smallest absolute Gasteiger partial charge is 0.222 e. The number of amides is 1. The van der Waals surface area contributed by atoms with Gasteiger partial charge in [-0.1, -0.05) is 31.2 Å². The van der Waals surface area contributed by atoms with E-state index >= 15 is 0 Å². The molecule has 2 heterocycles. The van der Waals surface area contributed by atoms with Crippen LogP contribution < -0.4 is 5.32 Å². The van der Waals surface area contributed by atoms with Gasteiger partial charge in [0.15, 0.2) is 0 Å². The molecule has 0 fully saturated rings. The van der Waals surface area contributed by atoms with Crippen molar-refractivity contribution in [3.8, 4) is 0 Å². The van der Waals surface area contributed by atoms with E-state index in [2.05, 4.69) is 41.5 Å². The summed E-state index contributed by atoms with van der Waals surface area (Å²) in [5, 5.41) is 16.1. The summed E-state index contributed by atoms with van der Waals surface area (Å²) < 4.78 is 3.78. The Labute approximate surface area is 159 Å². The second-order valence-electron chi connectivity index (χ2n) is 7.45. The van der Waals surface area contributed by atoms with Gasteiger partial charge in [0, 0.05) is 18.7 Å². The Morgan fingerprint density at radius 2 is 1.89 bits per heavy atom. The molecular weight excluding hydrogens is 340 g/mol. The lowest BCUT2D eigenvalue weighted by Gasteiger charge is -2.22. The summed E-state index contributed by atoms with van der Waals surface area (Å²) in [4.78, 5) is 12.5. The highest BCUT2D eigenvalue weighted by Crippen LogP contribution is 2.14. The van der Waals surface area contributed by atoms with Gasteiger partial charge in [0.25, 0.3) is 0 Å². The molecule has 144 valence electrons. The van der Waals surface area contributed by atoms with Crippen molar-refractivity contribution in [3.05, 3.63) is 41.2 Å². The lowest BCUT2D eigenvalue weighted by atomic mass is 10.0. The Bertz CT molecular complexity index is 939. The molecule has 0 aliphatic carbocycles. The molecule has 1 atom stereocenters. The third-order valence-electron chi connectivity index (χ3n) is 5.23. The maximum atomic E-state index is 12.5. The average molecular weight is 368 g/mol. The van der Waals surface area contributed by atoms with Crippen LogP contribution >= 0.6 is 0 Å². The summed E-state index contributed by atoms with van der Waals surface area (Å²) in [6.45, 7) is 11.5. The number of aromatic nitrogens is 5. The fourth-order valence-electron chi connectivity index (χ4n) is 3.15. The van der Waals surface area contributed by atoms with Gasteiger partial charge >= 0.3 is 0 Å². The molecule has 3 rings (SSSR count). The predicted molar refractivity (Wildman–Crippen MR) is 105 cm³/mol. The molecule has 0 aliphatic heterocycles. The van der Waals surface area contributed by atoms with Crippen LogP contribution in [0.3, 0.4) is 0 Å². The van der Waals surface area contributed by atoms with Crippen LogP contribution in [0, 0.1) is 26.7 Å². The number of carbonyl (C=O) groups excluding carboxylic acids is 1. The fourth-order valence-corrected chi connectivity index (χ4v) is 3.15. The molecule has 0 saturated heterocycles. The van der Waals surface area contributed by atoms with Crippen LogP contribution in [0.5, 0.6) is 0 Å². The zero-order valence-electron chi connectivity index (χ0n) is 16.7. The van der Waals surface area contributed by atoms with Crippen molar-refractivity contribution in [2.24, 2.45) is 5.92 Å². The van der Waals surface area contributed by atoms with Gasteiger partial charge in [0.1, 0.15) is 5.52 Å². The summed E-state index contributed by atoms with van der Waals surface area (Å²) in [5.74, 6) is 0.316. The van der Waals surface area contributed by atoms with E-state index in [1.54, 1.807) is 0 Å². The third-order valence-corrected chi connectivity index (χ3v) is 5.23. The minimum absolute atomic E-state index is 0.00945. The minimum Gasteiger partial charge on any atom is -0.351 e. The van der Waals surface area contributed by atoms with Crippen molar-refractivity contribution in [1.82, 2.24) is 30.1 Å². The molecule has 7 heteroatoms. The number of fused-ring (bicyclic) bond motifs is 1. The number of nitrogens with one attached hydrogen (secondary N) is 1. The van der Waals surface area contributed by atoms with E-state index in [0.29, 0.717) is 19.5 Å². The van der Waals surface area contributed by atoms with E-state index in [4.69, 9.17) is 0 Å². The quantitative estimate of drug-likeness (QED) is 0.696. The van der Waals surface area contributed by atoms with Crippen molar-refractivity contribution in [3.63, 3.8) is 0 Å². The number of carbonyl (C=O) groups is 1. The van der Waals surface area contributed by atoms with Gasteiger partial charge in [-0.25, -0.2) is 4.68 Å². The number of rotatable bonds is 7. The number of aryl methyl sites for hydroxylation is 2. The van der Waals surface area contributed by atoms with Gasteiger partial charge in [-0.05, 0) is 44.4 Å². The molecule has 0 unspecified atom stereocenters. The Balaban J connectivity index is 1.63. The molecule has 0 aliphatic rings. The van der Waals surface area contributed by atoms with Crippen LogP contribution in [0.4, 0.5) is 0 Å². The first kappa shape index (κ1) is 19.1. The molecule has 1 N–H and O–H groups in total. The number of para-hydroxylation sites is 1. The summed E-state index contributed by atoms with van der Waals surface area (Å²) >= 11 is 0. The lowest BCUT2D eigenvalue weighted by molar-refractivity contribution is -0.122. The van der Waals surface area contributed by atoms with E-state index in [1.807, 2.05) is 47.5 Å². The van der Waals surface area contributed by atoms with Crippen molar-refractivity contribution >= 4 is 16.9 Å². The van der Waals surface area contributed by atoms with Gasteiger partial charge in [0.2, 0.25) is 5.91 Å². The third kappa shape index (κ3) is 4.18. The van der Waals surface area contributed by atoms with Gasteiger partial charge in [-0.2, -0.15) is 5.10 Å². The maximum Gasteiger partial charge on any atom is 0.222 e. The van der Waals surface area contributed by atoms with E-state index in [-0.39, 0.29) is 17.9 Å². The van der Waals surface area contributed by atoms with E-state index in [0.717, 1.165) is 22.4 Å². The Morgan fingerprint density at radius 1 is 1.15 bits per heavy atom. The van der Waals surface area contributed by atoms with Gasteiger partial charge in [-0.3, -0.25) is 9.48 Å². The van der Waals surface area contributed by atoms with Crippen molar-refractivity contribution in [1.29, 1.82) is 0 Å². The lowest BCUT2D eigenvalue weighted by Crippen LogP contribution is -2.42. The molecule has 2 aromatic heterocycles. The average Bonchev–Trinajstić information content (AvgIpc) is 3.16. The molecule has 0 bridgehead atoms. The van der Waals surface area contributed by atoms with E-state index in [1.165, 1.54) is 5.56 Å². The van der Waals surface area contributed by atoms with Gasteiger partial charge < -0.3 is 5.32 Å². The maximum absolute atomic E-state index is 12.5. The monoisotopic (exact) mass is 368 g/mol. The first-order valence-corrected chi connectivity index (χ1v) is 9.45. The Kier molecular flexibility index (Phi) is 5.58. The summed E-state index contributed by atoms with van der Waals surface area (Å²) in [6, 6.07) is 7.85. The normalized spacial score (nSPS) is 12.7. The predicted octanol–water partition coefficient (Wildman–Crippen LogP) is 2.78. The highest BCUT2D eigenvalue weighted by atomic mass is 16.1. The molecule has 0 radical (unpaired) electrons. The molecular formula is C20H28N6O. The van der Waals surface area contributed by atoms with Gasteiger partial charge in [0.05, 0.1) is 23.8 Å². The van der Waals surface area contributed by atoms with Crippen molar-refractivity contribution in [2.75, 3.05) is 0 Å². The summed E-state index contributed by atoms with van der Waals surface area (Å²) in [7, 11) is 0. The highest BCUT2D eigenvalue weighted by Gasteiger charge is 2.19. The van der Waals surface area contributed by atoms with Crippen LogP contribution in [-0.2, 0) is 17.9 Å². The molecule has 3 aromatic rings. The molecule has 27 heavy (non-hydrogen) atoms. The topological polar surface area (TPSA) is 77.6 Å². The van der Waals surface area contributed by atoms with Crippen LogP contribution in [0.2, 0.25) is 0 Å². The Hall–Kier alpha value is -2.70. The first-order valence-electron chi connectivity index (χ1n) is 9.45. The number of hydrogen-bond donors (Lipinski definition) is 1. The fraction of sp³-hybridized carbons (Fsp3) is 0.500. The number of nitrogens with zero attached hydrogens (tertiary/aromatic N) is 5. The second-order valence-corrected chi connectivity index (χ2v) is 7.45. The highest BCUT2D eigenvalue weighted by molar-refractivity contribution is 5.76. The van der Waals surface area contributed by atoms with Crippen LogP contribution in [0.25, 0.3) is 11.0 Å². The molecule has 1 amide bonds. The zero-order chi connectivity index (χ0) is 19.6. The van der Waals surface area contributed by atoms with Crippen molar-refractivity contribution in [2.45, 2.75) is 60.2 Å². The van der Waals surface area contributed by atoms with Crippen LogP contribution in [0.1, 0.15) is 37.2 Å². The summed E-state index contributed by atoms with van der Waals surface area (Å²) in [5.41, 5.74) is 5.18. The SMILES string of the molecule is Cc1nn(CCC(=O)N[C@@H](Cn2nnc3ccccc32)C(C)C)c(C)c1C. The zero-order valence-corrected chi connectivity index (χ0v) is 16.7. The van der Waals surface area contributed by atoms with E-state index in [9.17, 15) is 4.79 Å². The Morgan fingerprint density at radius 3 is 2.56 bits per heavy atom. The van der Waals surface area contributed by atoms with Crippen molar-refractivity contribution < 1.29 is 4.79 Å². The standard InChI is InChI=1S/C20H28N6O/c1-13(2)18(12-26-19-9-7-6-8-17(19)22-24-26)21-20(27)10-11-25-16(5)14(3)15(4)23-25/h6-9,13,18H,10-12H2,1-5H3,(H,21,27)/t18-/m0/s1. The molecule has 0 spiro atoms. The largest absolute Gasteiger partial charge is 0.351 e. The van der Waals surface area contributed by atoms with Crippen LogP contribution in [-0.4, -0.2) is 36.7 Å². The number of benzene rings is 1. The molecule has 1 aromatic carbocycles. The minimum atomic E-state index is -0.00945. The second kappa shape index (κ2) is 7.90. The molecule has 7 nitrogen and oxygen atoms in total. The van der Waals surface area contributed by atoms with Gasteiger partial charge in [-0.15, -0.1) is 5.10 Å². The summed E-state index contributed by atoms with van der Waals surface area (Å²) in [6.07, 6.45) is 0.405.